The fraction of sp³-hybridized carbons (Fsp3) is 0.364. The molecule has 0 aliphatic rings. The van der Waals surface area contributed by atoms with E-state index in [-0.39, 0.29) is 0 Å². The molecule has 0 N–H and O–H groups in total. The largest absolute Gasteiger partial charge is 0.441 e. The number of aromatic nitrogens is 1. The van der Waals surface area contributed by atoms with Crippen LogP contribution in [0.2, 0.25) is 0 Å². The summed E-state index contributed by atoms with van der Waals surface area (Å²) in [6.45, 7) is 4.98. The van der Waals surface area contributed by atoms with Crippen LogP contribution in [0.1, 0.15) is 12.8 Å². The molecule has 2 aromatic rings. The SMILES string of the molecule is CCN(C)c1ccc2oc(C)nc2c1. The smallest absolute Gasteiger partial charge is 0.192 e. The van der Waals surface area contributed by atoms with Gasteiger partial charge in [-0.25, -0.2) is 4.98 Å². The van der Waals surface area contributed by atoms with Crippen LogP contribution in [0.15, 0.2) is 22.6 Å². The highest BCUT2D eigenvalue weighted by atomic mass is 16.3. The van der Waals surface area contributed by atoms with Crippen LogP contribution in [0.25, 0.3) is 11.1 Å². The molecule has 3 heteroatoms. The second-order valence-corrected chi connectivity index (χ2v) is 3.40. The second-order valence-electron chi connectivity index (χ2n) is 3.40. The highest BCUT2D eigenvalue weighted by Gasteiger charge is 2.04. The maximum Gasteiger partial charge on any atom is 0.192 e. The number of fused-ring (bicyclic) bond motifs is 1. The molecule has 0 bridgehead atoms. The molecule has 0 saturated carbocycles. The van der Waals surface area contributed by atoms with Crippen molar-refractivity contribution in [1.29, 1.82) is 0 Å². The number of oxazole rings is 1. The Labute approximate surface area is 83.3 Å². The normalized spacial score (nSPS) is 10.8. The summed E-state index contributed by atoms with van der Waals surface area (Å²) in [5, 5.41) is 0. The molecule has 1 heterocycles. The average molecular weight is 190 g/mol. The van der Waals surface area contributed by atoms with Gasteiger partial charge in [-0.1, -0.05) is 0 Å². The minimum absolute atomic E-state index is 0.719. The Bertz CT molecular complexity index is 447. The Morgan fingerprint density at radius 1 is 1.43 bits per heavy atom. The van der Waals surface area contributed by atoms with E-state index in [4.69, 9.17) is 4.42 Å². The van der Waals surface area contributed by atoms with Crippen molar-refractivity contribution in [1.82, 2.24) is 4.98 Å². The van der Waals surface area contributed by atoms with Crippen molar-refractivity contribution >= 4 is 16.8 Å². The molecule has 0 spiro atoms. The van der Waals surface area contributed by atoms with Crippen LogP contribution in [-0.4, -0.2) is 18.6 Å². The van der Waals surface area contributed by atoms with Gasteiger partial charge in [0, 0.05) is 26.2 Å². The minimum Gasteiger partial charge on any atom is -0.441 e. The monoisotopic (exact) mass is 190 g/mol. The highest BCUT2D eigenvalue weighted by molar-refractivity contribution is 5.77. The second kappa shape index (κ2) is 3.33. The Morgan fingerprint density at radius 2 is 2.21 bits per heavy atom. The van der Waals surface area contributed by atoms with Crippen LogP contribution in [0, 0.1) is 6.92 Å². The van der Waals surface area contributed by atoms with Crippen molar-refractivity contribution in [2.75, 3.05) is 18.5 Å². The van der Waals surface area contributed by atoms with Crippen molar-refractivity contribution < 1.29 is 4.42 Å². The van der Waals surface area contributed by atoms with Gasteiger partial charge in [0.25, 0.3) is 0 Å². The number of aryl methyl sites for hydroxylation is 1. The summed E-state index contributed by atoms with van der Waals surface area (Å²) in [7, 11) is 2.06. The molecular weight excluding hydrogens is 176 g/mol. The number of anilines is 1. The molecule has 2 rings (SSSR count). The topological polar surface area (TPSA) is 29.3 Å². The lowest BCUT2D eigenvalue weighted by molar-refractivity contribution is 0.561. The Hall–Kier alpha value is -1.51. The molecular formula is C11H14N2O. The molecule has 0 unspecified atom stereocenters. The van der Waals surface area contributed by atoms with Crippen LogP contribution >= 0.6 is 0 Å². The molecule has 0 saturated heterocycles. The summed E-state index contributed by atoms with van der Waals surface area (Å²) in [6, 6.07) is 6.07. The van der Waals surface area contributed by atoms with Gasteiger partial charge < -0.3 is 9.32 Å². The fourth-order valence-corrected chi connectivity index (χ4v) is 1.45. The Morgan fingerprint density at radius 3 is 2.93 bits per heavy atom. The quantitative estimate of drug-likeness (QED) is 0.729. The fourth-order valence-electron chi connectivity index (χ4n) is 1.45. The molecule has 1 aromatic heterocycles. The zero-order valence-corrected chi connectivity index (χ0v) is 8.74. The standard InChI is InChI=1S/C11H14N2O/c1-4-13(3)9-5-6-11-10(7-9)12-8(2)14-11/h5-7H,4H2,1-3H3. The molecule has 1 aromatic carbocycles. The molecule has 0 fully saturated rings. The molecule has 3 nitrogen and oxygen atoms in total. The van der Waals surface area contributed by atoms with E-state index in [2.05, 4.69) is 36.0 Å². The third kappa shape index (κ3) is 1.45. The maximum atomic E-state index is 5.41. The molecule has 14 heavy (non-hydrogen) atoms. The number of benzene rings is 1. The number of rotatable bonds is 2. The van der Waals surface area contributed by atoms with Crippen molar-refractivity contribution in [3.8, 4) is 0 Å². The van der Waals surface area contributed by atoms with Gasteiger partial charge in [0.2, 0.25) is 0 Å². The lowest BCUT2D eigenvalue weighted by atomic mass is 10.2. The van der Waals surface area contributed by atoms with Crippen molar-refractivity contribution in [2.45, 2.75) is 13.8 Å². The molecule has 0 atom stereocenters. The van der Waals surface area contributed by atoms with E-state index in [1.54, 1.807) is 0 Å². The summed E-state index contributed by atoms with van der Waals surface area (Å²) in [5.74, 6) is 0.719. The van der Waals surface area contributed by atoms with Crippen LogP contribution in [0.4, 0.5) is 5.69 Å². The first-order valence-electron chi connectivity index (χ1n) is 4.79. The zero-order valence-electron chi connectivity index (χ0n) is 8.74. The number of hydrogen-bond donors (Lipinski definition) is 0. The maximum absolute atomic E-state index is 5.41. The first-order valence-corrected chi connectivity index (χ1v) is 4.79. The van der Waals surface area contributed by atoms with Gasteiger partial charge in [-0.15, -0.1) is 0 Å². The van der Waals surface area contributed by atoms with Crippen LogP contribution in [-0.2, 0) is 0 Å². The van der Waals surface area contributed by atoms with Gasteiger partial charge >= 0.3 is 0 Å². The first kappa shape index (κ1) is 9.06. The van der Waals surface area contributed by atoms with Gasteiger partial charge in [-0.3, -0.25) is 0 Å². The molecule has 0 radical (unpaired) electrons. The summed E-state index contributed by atoms with van der Waals surface area (Å²) in [6.07, 6.45) is 0. The average Bonchev–Trinajstić information content (AvgIpc) is 2.55. The van der Waals surface area contributed by atoms with E-state index in [1.807, 2.05) is 13.0 Å². The molecule has 0 aliphatic carbocycles. The number of nitrogens with zero attached hydrogens (tertiary/aromatic N) is 2. The predicted octanol–water partition coefficient (Wildman–Crippen LogP) is 2.59. The lowest BCUT2D eigenvalue weighted by Crippen LogP contribution is -2.15. The zero-order chi connectivity index (χ0) is 10.1. The van der Waals surface area contributed by atoms with E-state index in [0.29, 0.717) is 0 Å². The van der Waals surface area contributed by atoms with Crippen molar-refractivity contribution in [3.63, 3.8) is 0 Å². The van der Waals surface area contributed by atoms with E-state index < -0.39 is 0 Å². The Kier molecular flexibility index (Phi) is 2.15. The first-order chi connectivity index (χ1) is 6.70. The summed E-state index contributed by atoms with van der Waals surface area (Å²) in [4.78, 5) is 6.47. The van der Waals surface area contributed by atoms with E-state index in [1.165, 1.54) is 5.69 Å². The third-order valence-electron chi connectivity index (χ3n) is 2.39. The van der Waals surface area contributed by atoms with E-state index >= 15 is 0 Å². The van der Waals surface area contributed by atoms with Crippen molar-refractivity contribution in [2.24, 2.45) is 0 Å². The van der Waals surface area contributed by atoms with Gasteiger partial charge in [0.15, 0.2) is 11.5 Å². The molecule has 0 aliphatic heterocycles. The van der Waals surface area contributed by atoms with Crippen LogP contribution in [0.3, 0.4) is 0 Å². The summed E-state index contributed by atoms with van der Waals surface area (Å²) >= 11 is 0. The third-order valence-corrected chi connectivity index (χ3v) is 2.39. The predicted molar refractivity (Wildman–Crippen MR) is 57.7 cm³/mol. The van der Waals surface area contributed by atoms with E-state index in [0.717, 1.165) is 23.5 Å². The van der Waals surface area contributed by atoms with Crippen LogP contribution < -0.4 is 4.90 Å². The van der Waals surface area contributed by atoms with Crippen molar-refractivity contribution in [3.05, 3.63) is 24.1 Å². The summed E-state index contributed by atoms with van der Waals surface area (Å²) < 4.78 is 5.41. The minimum atomic E-state index is 0.719. The van der Waals surface area contributed by atoms with Gasteiger partial charge in [-0.05, 0) is 25.1 Å². The number of hydrogen-bond acceptors (Lipinski definition) is 3. The van der Waals surface area contributed by atoms with Gasteiger partial charge in [-0.2, -0.15) is 0 Å². The van der Waals surface area contributed by atoms with E-state index in [9.17, 15) is 0 Å². The molecule has 74 valence electrons. The Balaban J connectivity index is 2.50. The van der Waals surface area contributed by atoms with Crippen LogP contribution in [0.5, 0.6) is 0 Å². The lowest BCUT2D eigenvalue weighted by Gasteiger charge is -2.15. The highest BCUT2D eigenvalue weighted by Crippen LogP contribution is 2.21. The summed E-state index contributed by atoms with van der Waals surface area (Å²) in [5.41, 5.74) is 2.96. The molecule has 0 amide bonds. The van der Waals surface area contributed by atoms with Gasteiger partial charge in [0.05, 0.1) is 0 Å². The van der Waals surface area contributed by atoms with Gasteiger partial charge in [0.1, 0.15) is 5.52 Å².